The fourth-order valence-corrected chi connectivity index (χ4v) is 1.85. The second kappa shape index (κ2) is 5.16. The zero-order valence-electron chi connectivity index (χ0n) is 9.54. The number of nitrogen functional groups attached to an aromatic ring is 1. The lowest BCUT2D eigenvalue weighted by atomic mass is 10.2. The zero-order chi connectivity index (χ0) is 12.3. The maximum absolute atomic E-state index is 11.2. The second-order valence-electron chi connectivity index (χ2n) is 3.51. The monoisotopic (exact) mass is 286 g/mol. The summed E-state index contributed by atoms with van der Waals surface area (Å²) in [5.41, 5.74) is 7.28. The summed E-state index contributed by atoms with van der Waals surface area (Å²) in [5, 5.41) is 2.56. The van der Waals surface area contributed by atoms with E-state index in [-0.39, 0.29) is 12.5 Å². The van der Waals surface area contributed by atoms with Gasteiger partial charge < -0.3 is 16.0 Å². The standard InChI is InChI=1S/C10H15BrN4O/c1-6-7(12)4-14-10(9(6)11)15(3)5-8(16)13-2/h4H,5,12H2,1-3H3,(H,13,16). The van der Waals surface area contributed by atoms with E-state index >= 15 is 0 Å². The fourth-order valence-electron chi connectivity index (χ4n) is 1.21. The number of carbonyl (C=O) groups excluding carboxylic acids is 1. The molecule has 1 heterocycles. The second-order valence-corrected chi connectivity index (χ2v) is 4.30. The van der Waals surface area contributed by atoms with E-state index in [2.05, 4.69) is 26.2 Å². The molecule has 1 amide bonds. The molecule has 88 valence electrons. The Labute approximate surface area is 103 Å². The van der Waals surface area contributed by atoms with E-state index in [4.69, 9.17) is 5.73 Å². The molecule has 3 N–H and O–H groups in total. The predicted molar refractivity (Wildman–Crippen MR) is 68.4 cm³/mol. The lowest BCUT2D eigenvalue weighted by Crippen LogP contribution is -2.33. The van der Waals surface area contributed by atoms with Crippen molar-refractivity contribution in [1.29, 1.82) is 0 Å². The fraction of sp³-hybridized carbons (Fsp3) is 0.400. The molecule has 0 saturated carbocycles. The lowest BCUT2D eigenvalue weighted by Gasteiger charge is -2.19. The van der Waals surface area contributed by atoms with Crippen LogP contribution in [0.15, 0.2) is 10.7 Å². The molecule has 0 radical (unpaired) electrons. The first-order valence-corrected chi connectivity index (χ1v) is 5.59. The molecule has 0 aliphatic rings. The van der Waals surface area contributed by atoms with Crippen LogP contribution in [0.25, 0.3) is 0 Å². The van der Waals surface area contributed by atoms with Crippen molar-refractivity contribution in [3.63, 3.8) is 0 Å². The molecule has 16 heavy (non-hydrogen) atoms. The predicted octanol–water partition coefficient (Wildman–Crippen LogP) is 0.917. The molecule has 0 aliphatic carbocycles. The number of likely N-dealkylation sites (N-methyl/N-ethyl adjacent to an activating group) is 2. The highest BCUT2D eigenvalue weighted by Gasteiger charge is 2.13. The van der Waals surface area contributed by atoms with Crippen LogP contribution in [0, 0.1) is 6.92 Å². The summed E-state index contributed by atoms with van der Waals surface area (Å²) in [4.78, 5) is 17.2. The summed E-state index contributed by atoms with van der Waals surface area (Å²) >= 11 is 3.43. The van der Waals surface area contributed by atoms with Crippen LogP contribution >= 0.6 is 15.9 Å². The van der Waals surface area contributed by atoms with Crippen LogP contribution in [0.1, 0.15) is 5.56 Å². The third-order valence-electron chi connectivity index (χ3n) is 2.31. The van der Waals surface area contributed by atoms with E-state index in [1.807, 2.05) is 6.92 Å². The van der Waals surface area contributed by atoms with Crippen LogP contribution in [0.4, 0.5) is 11.5 Å². The number of pyridine rings is 1. The maximum Gasteiger partial charge on any atom is 0.239 e. The minimum atomic E-state index is -0.0642. The van der Waals surface area contributed by atoms with Crippen LogP contribution in [-0.4, -0.2) is 31.5 Å². The molecular weight excluding hydrogens is 272 g/mol. The van der Waals surface area contributed by atoms with Gasteiger partial charge in [-0.3, -0.25) is 4.79 Å². The van der Waals surface area contributed by atoms with Crippen LogP contribution < -0.4 is 16.0 Å². The Balaban J connectivity index is 2.96. The molecule has 1 rings (SSSR count). The van der Waals surface area contributed by atoms with Crippen molar-refractivity contribution in [2.75, 3.05) is 31.3 Å². The smallest absolute Gasteiger partial charge is 0.239 e. The highest BCUT2D eigenvalue weighted by atomic mass is 79.9. The largest absolute Gasteiger partial charge is 0.397 e. The third-order valence-corrected chi connectivity index (χ3v) is 3.26. The molecule has 0 aliphatic heterocycles. The summed E-state index contributed by atoms with van der Waals surface area (Å²) in [6.07, 6.45) is 1.59. The number of halogens is 1. The number of carbonyl (C=O) groups is 1. The minimum absolute atomic E-state index is 0.0642. The number of nitrogens with zero attached hydrogens (tertiary/aromatic N) is 2. The van der Waals surface area contributed by atoms with Crippen molar-refractivity contribution >= 4 is 33.3 Å². The van der Waals surface area contributed by atoms with Crippen LogP contribution in [0.5, 0.6) is 0 Å². The summed E-state index contributed by atoms with van der Waals surface area (Å²) in [6.45, 7) is 2.16. The Bertz CT molecular complexity index is 408. The SMILES string of the molecule is CNC(=O)CN(C)c1ncc(N)c(C)c1Br. The number of aromatic nitrogens is 1. The van der Waals surface area contributed by atoms with Crippen molar-refractivity contribution in [3.05, 3.63) is 16.2 Å². The molecule has 0 unspecified atom stereocenters. The summed E-state index contributed by atoms with van der Waals surface area (Å²) in [7, 11) is 3.41. The van der Waals surface area contributed by atoms with Gasteiger partial charge >= 0.3 is 0 Å². The van der Waals surface area contributed by atoms with Gasteiger partial charge in [0.15, 0.2) is 0 Å². The van der Waals surface area contributed by atoms with Crippen molar-refractivity contribution in [3.8, 4) is 0 Å². The van der Waals surface area contributed by atoms with Crippen LogP contribution in [-0.2, 0) is 4.79 Å². The Morgan fingerprint density at radius 2 is 2.31 bits per heavy atom. The van der Waals surface area contributed by atoms with E-state index in [1.54, 1.807) is 25.2 Å². The Hall–Kier alpha value is -1.30. The van der Waals surface area contributed by atoms with Gasteiger partial charge in [-0.15, -0.1) is 0 Å². The molecule has 0 saturated heterocycles. The summed E-state index contributed by atoms with van der Waals surface area (Å²) in [6, 6.07) is 0. The topological polar surface area (TPSA) is 71.2 Å². The van der Waals surface area contributed by atoms with Gasteiger partial charge in [-0.05, 0) is 28.4 Å². The van der Waals surface area contributed by atoms with Gasteiger partial charge in [-0.25, -0.2) is 4.98 Å². The summed E-state index contributed by atoms with van der Waals surface area (Å²) < 4.78 is 0.818. The van der Waals surface area contributed by atoms with Gasteiger partial charge in [0.1, 0.15) is 5.82 Å². The summed E-state index contributed by atoms with van der Waals surface area (Å²) in [5.74, 6) is 0.640. The van der Waals surface area contributed by atoms with E-state index < -0.39 is 0 Å². The van der Waals surface area contributed by atoms with Gasteiger partial charge in [-0.2, -0.15) is 0 Å². The number of anilines is 2. The molecule has 1 aromatic rings. The molecule has 0 spiro atoms. The van der Waals surface area contributed by atoms with Crippen molar-refractivity contribution < 1.29 is 4.79 Å². The minimum Gasteiger partial charge on any atom is -0.397 e. The quantitative estimate of drug-likeness (QED) is 0.867. The number of rotatable bonds is 3. The van der Waals surface area contributed by atoms with Gasteiger partial charge in [0.2, 0.25) is 5.91 Å². The molecule has 0 aromatic carbocycles. The number of amides is 1. The number of hydrogen-bond donors (Lipinski definition) is 2. The molecular formula is C10H15BrN4O. The van der Waals surface area contributed by atoms with Crippen molar-refractivity contribution in [2.24, 2.45) is 0 Å². The average molecular weight is 287 g/mol. The number of nitrogens with one attached hydrogen (secondary N) is 1. The van der Waals surface area contributed by atoms with E-state index in [0.717, 1.165) is 10.0 Å². The molecule has 5 nitrogen and oxygen atoms in total. The number of hydrogen-bond acceptors (Lipinski definition) is 4. The Morgan fingerprint density at radius 3 is 2.88 bits per heavy atom. The molecule has 0 atom stereocenters. The first-order valence-electron chi connectivity index (χ1n) is 4.79. The zero-order valence-corrected chi connectivity index (χ0v) is 11.1. The maximum atomic E-state index is 11.2. The van der Waals surface area contributed by atoms with Gasteiger partial charge in [0, 0.05) is 14.1 Å². The Morgan fingerprint density at radius 1 is 1.69 bits per heavy atom. The van der Waals surface area contributed by atoms with Gasteiger partial charge in [0.05, 0.1) is 22.9 Å². The molecule has 6 heteroatoms. The average Bonchev–Trinajstić information content (AvgIpc) is 2.25. The lowest BCUT2D eigenvalue weighted by molar-refractivity contribution is -0.119. The first-order chi connectivity index (χ1) is 7.47. The Kier molecular flexibility index (Phi) is 4.12. The van der Waals surface area contributed by atoms with Gasteiger partial charge in [0.25, 0.3) is 0 Å². The van der Waals surface area contributed by atoms with Crippen LogP contribution in [0.3, 0.4) is 0 Å². The third kappa shape index (κ3) is 2.63. The normalized spacial score (nSPS) is 10.0. The first kappa shape index (κ1) is 12.8. The van der Waals surface area contributed by atoms with Gasteiger partial charge in [-0.1, -0.05) is 0 Å². The highest BCUT2D eigenvalue weighted by Crippen LogP contribution is 2.29. The molecule has 0 bridgehead atoms. The molecule has 0 fully saturated rings. The molecule has 1 aromatic heterocycles. The highest BCUT2D eigenvalue weighted by molar-refractivity contribution is 9.10. The number of nitrogens with two attached hydrogens (primary N) is 1. The van der Waals surface area contributed by atoms with Crippen molar-refractivity contribution in [1.82, 2.24) is 10.3 Å². The van der Waals surface area contributed by atoms with E-state index in [9.17, 15) is 4.79 Å². The van der Waals surface area contributed by atoms with Crippen molar-refractivity contribution in [2.45, 2.75) is 6.92 Å². The van der Waals surface area contributed by atoms with E-state index in [0.29, 0.717) is 11.5 Å². The van der Waals surface area contributed by atoms with E-state index in [1.165, 1.54) is 0 Å². The van der Waals surface area contributed by atoms with Crippen LogP contribution in [0.2, 0.25) is 0 Å².